The highest BCUT2D eigenvalue weighted by Gasteiger charge is 2.49. The fourth-order valence-electron chi connectivity index (χ4n) is 4.57. The summed E-state index contributed by atoms with van der Waals surface area (Å²) in [5.41, 5.74) is 1.75. The number of aliphatic hydroxyl groups excluding tert-OH is 2. The molecule has 3 rings (SSSR count). The first-order valence-corrected chi connectivity index (χ1v) is 10.8. The lowest BCUT2D eigenvalue weighted by atomic mass is 9.93. The number of carboxylic acid groups (broad SMARTS) is 1. The summed E-state index contributed by atoms with van der Waals surface area (Å²) in [7, 11) is 0. The lowest BCUT2D eigenvalue weighted by Gasteiger charge is -2.23. The predicted octanol–water partition coefficient (Wildman–Crippen LogP) is 3.51. The number of rotatable bonds is 8. The number of ether oxygens (including phenoxy) is 1. The van der Waals surface area contributed by atoms with Gasteiger partial charge in [-0.3, -0.25) is 4.79 Å². The van der Waals surface area contributed by atoms with Crippen LogP contribution in [0.2, 0.25) is 0 Å². The maximum Gasteiger partial charge on any atom is 0.303 e. The monoisotopic (exact) mass is 412 g/mol. The minimum absolute atomic E-state index is 0.0431. The zero-order chi connectivity index (χ0) is 21.7. The molecule has 0 aromatic heterocycles. The lowest BCUT2D eigenvalue weighted by Crippen LogP contribution is -2.31. The van der Waals surface area contributed by atoms with Crippen LogP contribution in [0.3, 0.4) is 0 Å². The number of aliphatic carboxylic acids is 1. The Morgan fingerprint density at radius 3 is 2.93 bits per heavy atom. The summed E-state index contributed by atoms with van der Waals surface area (Å²) < 4.78 is 6.43. The van der Waals surface area contributed by atoms with Gasteiger partial charge >= 0.3 is 5.97 Å². The Bertz CT molecular complexity index is 849. The van der Waals surface area contributed by atoms with Crippen LogP contribution >= 0.6 is 0 Å². The molecule has 5 nitrogen and oxygen atoms in total. The van der Waals surface area contributed by atoms with Gasteiger partial charge in [-0.1, -0.05) is 37.3 Å². The van der Waals surface area contributed by atoms with Gasteiger partial charge in [0.2, 0.25) is 0 Å². The van der Waals surface area contributed by atoms with E-state index in [1.807, 2.05) is 25.1 Å². The summed E-state index contributed by atoms with van der Waals surface area (Å²) in [5, 5.41) is 29.9. The third kappa shape index (κ3) is 5.24. The molecule has 1 heterocycles. The Morgan fingerprint density at radius 1 is 1.40 bits per heavy atom. The second kappa shape index (κ2) is 9.68. The summed E-state index contributed by atoms with van der Waals surface area (Å²) in [6, 6.07) is 6.05. The molecule has 0 amide bonds. The Balaban J connectivity index is 1.64. The average molecular weight is 413 g/mol. The highest BCUT2D eigenvalue weighted by atomic mass is 16.5. The van der Waals surface area contributed by atoms with Gasteiger partial charge < -0.3 is 20.1 Å². The first-order chi connectivity index (χ1) is 14.3. The number of aliphatic hydroxyl groups is 2. The van der Waals surface area contributed by atoms with Crippen LogP contribution in [0.4, 0.5) is 0 Å². The van der Waals surface area contributed by atoms with Crippen LogP contribution in [0.15, 0.2) is 30.4 Å². The molecular weight excluding hydrogens is 380 g/mol. The van der Waals surface area contributed by atoms with Crippen molar-refractivity contribution < 1.29 is 24.9 Å². The number of aryl methyl sites for hydroxylation is 1. The van der Waals surface area contributed by atoms with E-state index in [-0.39, 0.29) is 18.3 Å². The van der Waals surface area contributed by atoms with Crippen molar-refractivity contribution in [2.45, 2.75) is 76.6 Å². The number of para-hydroxylation sites is 1. The Labute approximate surface area is 178 Å². The van der Waals surface area contributed by atoms with Crippen molar-refractivity contribution >= 4 is 5.97 Å². The zero-order valence-electron chi connectivity index (χ0n) is 17.8. The molecule has 1 saturated carbocycles. The van der Waals surface area contributed by atoms with Crippen LogP contribution in [0.5, 0.6) is 5.75 Å². The number of fused-ring (bicyclic) bond motifs is 1. The van der Waals surface area contributed by atoms with Crippen LogP contribution in [0.1, 0.15) is 57.1 Å². The number of carboxylic acids is 1. The molecule has 1 spiro atoms. The third-order valence-corrected chi connectivity index (χ3v) is 6.27. The zero-order valence-corrected chi connectivity index (χ0v) is 17.8. The highest BCUT2D eigenvalue weighted by molar-refractivity contribution is 5.66. The van der Waals surface area contributed by atoms with E-state index in [4.69, 9.17) is 9.84 Å². The summed E-state index contributed by atoms with van der Waals surface area (Å²) in [6.45, 7) is 3.76. The summed E-state index contributed by atoms with van der Waals surface area (Å²) >= 11 is 0. The smallest absolute Gasteiger partial charge is 0.303 e. The first-order valence-electron chi connectivity index (χ1n) is 10.8. The molecule has 3 N–H and O–H groups in total. The molecule has 162 valence electrons. The molecule has 1 aromatic rings. The maximum absolute atomic E-state index is 10.8. The van der Waals surface area contributed by atoms with Crippen molar-refractivity contribution in [3.8, 4) is 17.6 Å². The molecule has 30 heavy (non-hydrogen) atoms. The van der Waals surface area contributed by atoms with Gasteiger partial charge in [0.15, 0.2) is 0 Å². The van der Waals surface area contributed by atoms with E-state index in [9.17, 15) is 15.0 Å². The van der Waals surface area contributed by atoms with Crippen LogP contribution in [-0.2, 0) is 17.6 Å². The van der Waals surface area contributed by atoms with E-state index in [0.29, 0.717) is 32.1 Å². The fraction of sp³-hybridized carbons (Fsp3) is 0.560. The largest absolute Gasteiger partial charge is 0.486 e. The summed E-state index contributed by atoms with van der Waals surface area (Å²) in [4.78, 5) is 10.8. The van der Waals surface area contributed by atoms with Crippen LogP contribution in [-0.4, -0.2) is 39.1 Å². The molecule has 1 aromatic carbocycles. The average Bonchev–Trinajstić information content (AvgIpc) is 3.22. The second-order valence-corrected chi connectivity index (χ2v) is 8.74. The molecule has 5 heteroatoms. The Hall–Kier alpha value is -2.29. The van der Waals surface area contributed by atoms with Gasteiger partial charge in [0.25, 0.3) is 0 Å². The van der Waals surface area contributed by atoms with E-state index in [1.165, 1.54) is 0 Å². The third-order valence-electron chi connectivity index (χ3n) is 6.27. The molecule has 1 unspecified atom stereocenters. The normalized spacial score (nSPS) is 26.8. The van der Waals surface area contributed by atoms with Gasteiger partial charge in [0, 0.05) is 31.6 Å². The molecule has 1 aliphatic carbocycles. The topological polar surface area (TPSA) is 87.0 Å². The molecule has 1 fully saturated rings. The SMILES string of the molecule is CC#CC[C@H](C)[C@H](O)/C=C/[C@@H]1CC2(Cc3cccc(CCCC(=O)O)c3O2)C[C@H]1O. The molecular formula is C25H32O5. The molecule has 2 aliphatic rings. The van der Waals surface area contributed by atoms with Crippen molar-refractivity contribution in [1.29, 1.82) is 0 Å². The van der Waals surface area contributed by atoms with Crippen LogP contribution < -0.4 is 4.74 Å². The molecule has 0 radical (unpaired) electrons. The Kier molecular flexibility index (Phi) is 7.23. The summed E-state index contributed by atoms with van der Waals surface area (Å²) in [5.74, 6) is 5.91. The van der Waals surface area contributed by atoms with Gasteiger partial charge in [-0.05, 0) is 43.2 Å². The van der Waals surface area contributed by atoms with Gasteiger partial charge in [-0.25, -0.2) is 0 Å². The van der Waals surface area contributed by atoms with Gasteiger partial charge in [0.05, 0.1) is 12.2 Å². The minimum atomic E-state index is -0.785. The van der Waals surface area contributed by atoms with Crippen LogP contribution in [0.25, 0.3) is 0 Å². The number of benzene rings is 1. The van der Waals surface area contributed by atoms with E-state index in [1.54, 1.807) is 13.0 Å². The standard InChI is InChI=1S/C25H32O5/c1-3-4-7-17(2)21(26)13-12-19-14-25(16-22(19)27)15-20-10-5-8-18(24(20)30-25)9-6-11-23(28)29/h5,8,10,12-13,17,19,21-22,26-27H,6-7,9,11,14-16H2,1-2H3,(H,28,29)/b13-12+/t17-,19+,21+,22+,25?/m0/s1. The van der Waals surface area contributed by atoms with Gasteiger partial charge in [0.1, 0.15) is 11.4 Å². The van der Waals surface area contributed by atoms with E-state index < -0.39 is 23.8 Å². The molecule has 0 bridgehead atoms. The predicted molar refractivity (Wildman–Crippen MR) is 115 cm³/mol. The number of hydrogen-bond donors (Lipinski definition) is 3. The van der Waals surface area contributed by atoms with Crippen molar-refractivity contribution in [2.24, 2.45) is 11.8 Å². The Morgan fingerprint density at radius 2 is 2.20 bits per heavy atom. The number of hydrogen-bond acceptors (Lipinski definition) is 4. The first kappa shape index (κ1) is 22.4. The van der Waals surface area contributed by atoms with E-state index in [2.05, 4.69) is 17.9 Å². The molecule has 1 aliphatic heterocycles. The quantitative estimate of drug-likeness (QED) is 0.449. The van der Waals surface area contributed by atoms with Crippen molar-refractivity contribution in [3.63, 3.8) is 0 Å². The number of carbonyl (C=O) groups is 1. The molecule has 0 saturated heterocycles. The fourth-order valence-corrected chi connectivity index (χ4v) is 4.57. The highest BCUT2D eigenvalue weighted by Crippen LogP contribution is 2.48. The van der Waals surface area contributed by atoms with E-state index in [0.717, 1.165) is 23.3 Å². The van der Waals surface area contributed by atoms with Crippen LogP contribution in [0, 0.1) is 23.7 Å². The van der Waals surface area contributed by atoms with Gasteiger partial charge in [-0.15, -0.1) is 11.8 Å². The molecule has 5 atom stereocenters. The van der Waals surface area contributed by atoms with Crippen molar-refractivity contribution in [1.82, 2.24) is 0 Å². The van der Waals surface area contributed by atoms with Crippen molar-refractivity contribution in [3.05, 3.63) is 41.5 Å². The second-order valence-electron chi connectivity index (χ2n) is 8.74. The summed E-state index contributed by atoms with van der Waals surface area (Å²) in [6.07, 6.45) is 6.66. The minimum Gasteiger partial charge on any atom is -0.486 e. The lowest BCUT2D eigenvalue weighted by molar-refractivity contribution is -0.137. The van der Waals surface area contributed by atoms with Gasteiger partial charge in [-0.2, -0.15) is 0 Å². The van der Waals surface area contributed by atoms with Crippen molar-refractivity contribution in [2.75, 3.05) is 0 Å². The van der Waals surface area contributed by atoms with E-state index >= 15 is 0 Å². The maximum atomic E-state index is 10.8.